The second kappa shape index (κ2) is 10.4. The number of epoxide rings is 1. The summed E-state index contributed by atoms with van der Waals surface area (Å²) in [7, 11) is 0. The number of nitrogens with one attached hydrogen (secondary N) is 1. The van der Waals surface area contributed by atoms with Gasteiger partial charge in [-0.1, -0.05) is 36.8 Å². The minimum atomic E-state index is -0.653. The number of aliphatic hydroxyl groups is 2. The molecule has 7 heteroatoms. The molecule has 3 fully saturated rings. The Hall–Kier alpha value is -1.51. The molecule has 3 aliphatic heterocycles. The van der Waals surface area contributed by atoms with E-state index >= 15 is 0 Å². The van der Waals surface area contributed by atoms with Crippen LogP contribution in [-0.2, 0) is 19.0 Å². The first-order valence-electron chi connectivity index (χ1n) is 12.1. The number of allylic oxidation sites excluding steroid dienone is 2. The van der Waals surface area contributed by atoms with Gasteiger partial charge in [0.2, 0.25) is 5.91 Å². The number of carbonyl (C=O) groups excluding carboxylic acids is 1. The Balaban J connectivity index is 1.52. The first-order chi connectivity index (χ1) is 15.4. The van der Waals surface area contributed by atoms with Crippen molar-refractivity contribution in [2.45, 2.75) is 109 Å². The fourth-order valence-corrected chi connectivity index (χ4v) is 4.90. The van der Waals surface area contributed by atoms with Crippen molar-refractivity contribution in [2.75, 3.05) is 6.61 Å². The number of amides is 1. The molecule has 0 saturated carbocycles. The molecule has 8 atom stereocenters. The van der Waals surface area contributed by atoms with Crippen LogP contribution in [-0.4, -0.2) is 70.5 Å². The van der Waals surface area contributed by atoms with Crippen LogP contribution in [0.4, 0.5) is 0 Å². The summed E-state index contributed by atoms with van der Waals surface area (Å²) in [5.74, 6) is 0.0769. The summed E-state index contributed by atoms with van der Waals surface area (Å²) in [6.07, 6.45) is 9.52. The van der Waals surface area contributed by atoms with Crippen molar-refractivity contribution in [3.05, 3.63) is 36.0 Å². The molecule has 0 bridgehead atoms. The lowest BCUT2D eigenvalue weighted by Crippen LogP contribution is -2.53. The molecule has 3 rings (SSSR count). The number of hydrogen-bond acceptors (Lipinski definition) is 6. The molecule has 1 spiro atoms. The first-order valence-corrected chi connectivity index (χ1v) is 12.1. The van der Waals surface area contributed by atoms with Gasteiger partial charge in [-0.15, -0.1) is 0 Å². The van der Waals surface area contributed by atoms with Crippen LogP contribution >= 0.6 is 0 Å². The van der Waals surface area contributed by atoms with Crippen molar-refractivity contribution in [1.82, 2.24) is 5.32 Å². The predicted octanol–water partition coefficient (Wildman–Crippen LogP) is 2.81. The maximum atomic E-state index is 12.1. The number of ether oxygens (including phenoxy) is 3. The highest BCUT2D eigenvalue weighted by atomic mass is 16.6. The number of rotatable bonds is 7. The van der Waals surface area contributed by atoms with Crippen LogP contribution in [0.15, 0.2) is 36.0 Å². The Bertz CT molecular complexity index is 782. The average molecular weight is 464 g/mol. The zero-order chi connectivity index (χ0) is 24.4. The van der Waals surface area contributed by atoms with Gasteiger partial charge in [-0.05, 0) is 53.4 Å². The number of carbonyl (C=O) groups is 1. The lowest BCUT2D eigenvalue weighted by atomic mass is 9.83. The van der Waals surface area contributed by atoms with Gasteiger partial charge in [0, 0.05) is 12.5 Å². The highest BCUT2D eigenvalue weighted by Gasteiger charge is 2.60. The zero-order valence-corrected chi connectivity index (χ0v) is 20.8. The minimum Gasteiger partial charge on any atom is -0.389 e. The lowest BCUT2D eigenvalue weighted by Gasteiger charge is -2.41. The molecule has 3 saturated heterocycles. The van der Waals surface area contributed by atoms with E-state index in [1.165, 1.54) is 12.2 Å². The van der Waals surface area contributed by atoms with E-state index < -0.39 is 23.9 Å². The summed E-state index contributed by atoms with van der Waals surface area (Å²) in [6.45, 7) is 12.4. The Kier molecular flexibility index (Phi) is 8.23. The third-order valence-electron chi connectivity index (χ3n) is 6.84. The molecule has 0 aromatic rings. The second-order valence-corrected chi connectivity index (χ2v) is 10.7. The molecule has 0 aromatic heterocycles. The molecular formula is C26H41NO6. The normalized spacial score (nSPS) is 39.8. The van der Waals surface area contributed by atoms with Crippen LogP contribution < -0.4 is 5.32 Å². The second-order valence-electron chi connectivity index (χ2n) is 10.7. The van der Waals surface area contributed by atoms with E-state index in [2.05, 4.69) is 18.3 Å². The fourth-order valence-electron chi connectivity index (χ4n) is 4.90. The van der Waals surface area contributed by atoms with Gasteiger partial charge in [0.1, 0.15) is 17.8 Å². The fraction of sp³-hybridized carbons (Fsp3) is 0.731. The van der Waals surface area contributed by atoms with Gasteiger partial charge in [0.25, 0.3) is 0 Å². The predicted molar refractivity (Wildman–Crippen MR) is 127 cm³/mol. The maximum absolute atomic E-state index is 12.1. The quantitative estimate of drug-likeness (QED) is 0.305. The summed E-state index contributed by atoms with van der Waals surface area (Å²) in [5, 5.41) is 22.9. The standard InChI is InChI=1S/C26H41NO6/c1-16(8-11-22-24(30)26(15-31-26)14-25(5,6)33-22)7-10-21-17(2)13-20(19(4)32-21)27-23(29)12-9-18(3)28/h7-9,11-12,17-22,24,28,30H,10,13-15H2,1-6H3,(H,27,29)/b11-8+,12-9-,16-7+/t17-,18-,19+,20+,21-,22?,24+,26+/m0/s1. The molecule has 1 unspecified atom stereocenters. The largest absolute Gasteiger partial charge is 0.389 e. The van der Waals surface area contributed by atoms with Gasteiger partial charge in [-0.25, -0.2) is 0 Å². The van der Waals surface area contributed by atoms with Gasteiger partial charge >= 0.3 is 0 Å². The summed E-state index contributed by atoms with van der Waals surface area (Å²) in [6, 6.07) is -0.0578. The van der Waals surface area contributed by atoms with E-state index in [9.17, 15) is 15.0 Å². The summed E-state index contributed by atoms with van der Waals surface area (Å²) < 4.78 is 17.9. The van der Waals surface area contributed by atoms with Crippen molar-refractivity contribution in [1.29, 1.82) is 0 Å². The third kappa shape index (κ3) is 6.99. The van der Waals surface area contributed by atoms with E-state index in [1.807, 2.05) is 39.8 Å². The van der Waals surface area contributed by atoms with Crippen LogP contribution in [0.2, 0.25) is 0 Å². The molecule has 0 aromatic carbocycles. The molecule has 0 radical (unpaired) electrons. The van der Waals surface area contributed by atoms with Crippen LogP contribution in [0.3, 0.4) is 0 Å². The van der Waals surface area contributed by atoms with Crippen molar-refractivity contribution < 1.29 is 29.2 Å². The molecule has 0 aliphatic carbocycles. The van der Waals surface area contributed by atoms with Crippen LogP contribution in [0.5, 0.6) is 0 Å². The van der Waals surface area contributed by atoms with Gasteiger partial charge in [-0.3, -0.25) is 4.79 Å². The monoisotopic (exact) mass is 463 g/mol. The van der Waals surface area contributed by atoms with Crippen molar-refractivity contribution in [3.8, 4) is 0 Å². The van der Waals surface area contributed by atoms with E-state index in [0.717, 1.165) is 18.4 Å². The SMILES string of the molecule is CC(/C=C/C1OC(C)(C)C[C@@]2(CO2)[C@@H]1O)=C\C[C@@H]1O[C@H](C)[C@H](NC(=O)/C=C\[C@H](C)O)C[C@@H]1C. The zero-order valence-electron chi connectivity index (χ0n) is 20.8. The van der Waals surface area contributed by atoms with E-state index in [1.54, 1.807) is 6.92 Å². The molecule has 3 N–H and O–H groups in total. The van der Waals surface area contributed by atoms with E-state index in [0.29, 0.717) is 13.0 Å². The highest BCUT2D eigenvalue weighted by molar-refractivity contribution is 5.87. The summed E-state index contributed by atoms with van der Waals surface area (Å²) >= 11 is 0. The third-order valence-corrected chi connectivity index (χ3v) is 6.84. The molecule has 7 nitrogen and oxygen atoms in total. The Labute approximate surface area is 197 Å². The van der Waals surface area contributed by atoms with Gasteiger partial charge in [0.05, 0.1) is 36.6 Å². The van der Waals surface area contributed by atoms with Crippen molar-refractivity contribution >= 4 is 5.91 Å². The van der Waals surface area contributed by atoms with Gasteiger partial charge in [0.15, 0.2) is 0 Å². The van der Waals surface area contributed by atoms with Crippen molar-refractivity contribution in [2.24, 2.45) is 5.92 Å². The van der Waals surface area contributed by atoms with Crippen molar-refractivity contribution in [3.63, 3.8) is 0 Å². The van der Waals surface area contributed by atoms with Crippen LogP contribution in [0, 0.1) is 5.92 Å². The lowest BCUT2D eigenvalue weighted by molar-refractivity contribution is -0.171. The number of hydrogen-bond donors (Lipinski definition) is 3. The van der Waals surface area contributed by atoms with Gasteiger partial charge < -0.3 is 29.7 Å². The maximum Gasteiger partial charge on any atom is 0.244 e. The topological polar surface area (TPSA) is 101 Å². The van der Waals surface area contributed by atoms with Gasteiger partial charge in [-0.2, -0.15) is 0 Å². The molecular weight excluding hydrogens is 422 g/mol. The molecule has 33 heavy (non-hydrogen) atoms. The van der Waals surface area contributed by atoms with Crippen LogP contribution in [0.25, 0.3) is 0 Å². The van der Waals surface area contributed by atoms with E-state index in [-0.39, 0.29) is 35.7 Å². The smallest absolute Gasteiger partial charge is 0.244 e. The minimum absolute atomic E-state index is 0.0578. The Morgan fingerprint density at radius 3 is 2.61 bits per heavy atom. The van der Waals surface area contributed by atoms with E-state index in [4.69, 9.17) is 14.2 Å². The average Bonchev–Trinajstić information content (AvgIpc) is 3.48. The molecule has 3 heterocycles. The molecule has 3 aliphatic rings. The summed E-state index contributed by atoms with van der Waals surface area (Å²) in [4.78, 5) is 12.1. The Morgan fingerprint density at radius 1 is 1.27 bits per heavy atom. The summed E-state index contributed by atoms with van der Waals surface area (Å²) in [5.41, 5.74) is 0.303. The van der Waals surface area contributed by atoms with Crippen LogP contribution in [0.1, 0.15) is 60.8 Å². The first kappa shape index (κ1) is 26.1. The molecule has 186 valence electrons. The number of aliphatic hydroxyl groups excluding tert-OH is 2. The molecule has 1 amide bonds. The Morgan fingerprint density at radius 2 is 1.97 bits per heavy atom. The highest BCUT2D eigenvalue weighted by Crippen LogP contribution is 2.46.